The standard InChI is InChI=1S/C23H23ClN2O3S/c1-17(12-13-18-8-4-2-5-9-18)25-23(27)19-14-15-21(24)22(16-19)30(28,29)26-20-10-6-3-7-11-20/h2-11,14-17,26H,12-13H2,1H3,(H,25,27)/t17-/m1/s1. The minimum absolute atomic E-state index is 0.0482. The lowest BCUT2D eigenvalue weighted by atomic mass is 10.1. The topological polar surface area (TPSA) is 75.3 Å². The predicted octanol–water partition coefficient (Wildman–Crippen LogP) is 4.89. The third kappa shape index (κ3) is 5.84. The molecule has 0 saturated carbocycles. The molecule has 3 aromatic rings. The highest BCUT2D eigenvalue weighted by atomic mass is 35.5. The van der Waals surface area contributed by atoms with Crippen molar-refractivity contribution >= 4 is 33.2 Å². The molecule has 0 aliphatic heterocycles. The molecule has 3 aromatic carbocycles. The van der Waals surface area contributed by atoms with Gasteiger partial charge in [0.05, 0.1) is 5.02 Å². The number of sulfonamides is 1. The summed E-state index contributed by atoms with van der Waals surface area (Å²) in [6.07, 6.45) is 1.60. The first-order chi connectivity index (χ1) is 14.3. The van der Waals surface area contributed by atoms with E-state index in [9.17, 15) is 13.2 Å². The first-order valence-corrected chi connectivity index (χ1v) is 11.4. The zero-order valence-electron chi connectivity index (χ0n) is 16.5. The van der Waals surface area contributed by atoms with Gasteiger partial charge in [-0.25, -0.2) is 8.42 Å². The highest BCUT2D eigenvalue weighted by Gasteiger charge is 2.21. The number of carbonyl (C=O) groups excluding carboxylic acids is 1. The summed E-state index contributed by atoms with van der Waals surface area (Å²) in [4.78, 5) is 12.5. The lowest BCUT2D eigenvalue weighted by Crippen LogP contribution is -2.33. The molecular formula is C23H23ClN2O3S. The molecule has 30 heavy (non-hydrogen) atoms. The molecular weight excluding hydrogens is 420 g/mol. The number of aryl methyl sites for hydroxylation is 1. The minimum atomic E-state index is -3.94. The van der Waals surface area contributed by atoms with Crippen LogP contribution in [0.5, 0.6) is 0 Å². The highest BCUT2D eigenvalue weighted by molar-refractivity contribution is 7.92. The summed E-state index contributed by atoms with van der Waals surface area (Å²) in [6, 6.07) is 22.7. The number of carbonyl (C=O) groups is 1. The molecule has 0 saturated heterocycles. The van der Waals surface area contributed by atoms with Crippen molar-refractivity contribution in [3.63, 3.8) is 0 Å². The first-order valence-electron chi connectivity index (χ1n) is 9.57. The van der Waals surface area contributed by atoms with Crippen LogP contribution in [0, 0.1) is 0 Å². The summed E-state index contributed by atoms with van der Waals surface area (Å²) < 4.78 is 28.0. The van der Waals surface area contributed by atoms with Gasteiger partial charge < -0.3 is 5.32 Å². The summed E-state index contributed by atoms with van der Waals surface area (Å²) in [5, 5.41) is 2.97. The van der Waals surface area contributed by atoms with E-state index in [-0.39, 0.29) is 27.4 Å². The Bertz CT molecular complexity index is 1100. The van der Waals surface area contributed by atoms with Crippen LogP contribution in [0.4, 0.5) is 5.69 Å². The average molecular weight is 443 g/mol. The molecule has 0 heterocycles. The number of amides is 1. The van der Waals surface area contributed by atoms with Crippen molar-refractivity contribution in [2.75, 3.05) is 4.72 Å². The molecule has 0 fully saturated rings. The molecule has 1 amide bonds. The number of nitrogens with one attached hydrogen (secondary N) is 2. The number of hydrogen-bond donors (Lipinski definition) is 2. The Morgan fingerprint density at radius 1 is 0.967 bits per heavy atom. The summed E-state index contributed by atoms with van der Waals surface area (Å²) in [5.41, 5.74) is 1.85. The fourth-order valence-corrected chi connectivity index (χ4v) is 4.56. The first kappa shape index (κ1) is 21.9. The van der Waals surface area contributed by atoms with Crippen LogP contribution in [0.2, 0.25) is 5.02 Å². The SMILES string of the molecule is C[C@H](CCc1ccccc1)NC(=O)c1ccc(Cl)c(S(=O)(=O)Nc2ccccc2)c1. The van der Waals surface area contributed by atoms with E-state index >= 15 is 0 Å². The van der Waals surface area contributed by atoms with Crippen LogP contribution in [-0.2, 0) is 16.4 Å². The van der Waals surface area contributed by atoms with Gasteiger partial charge in [-0.15, -0.1) is 0 Å². The van der Waals surface area contributed by atoms with Crippen LogP contribution in [0.3, 0.4) is 0 Å². The van der Waals surface area contributed by atoms with Gasteiger partial charge >= 0.3 is 0 Å². The molecule has 0 aliphatic rings. The Morgan fingerprint density at radius 3 is 2.27 bits per heavy atom. The molecule has 7 heteroatoms. The summed E-state index contributed by atoms with van der Waals surface area (Å²) in [7, 11) is -3.94. The molecule has 0 aliphatic carbocycles. The maximum absolute atomic E-state index is 12.8. The van der Waals surface area contributed by atoms with E-state index in [2.05, 4.69) is 10.0 Å². The van der Waals surface area contributed by atoms with Gasteiger partial charge in [0.2, 0.25) is 0 Å². The van der Waals surface area contributed by atoms with Crippen molar-refractivity contribution in [3.05, 3.63) is 95.0 Å². The molecule has 156 valence electrons. The normalized spacial score (nSPS) is 12.2. The quantitative estimate of drug-likeness (QED) is 0.521. The monoisotopic (exact) mass is 442 g/mol. The van der Waals surface area contributed by atoms with Gasteiger partial charge in [-0.1, -0.05) is 60.1 Å². The third-order valence-electron chi connectivity index (χ3n) is 4.60. The van der Waals surface area contributed by atoms with Gasteiger partial charge in [-0.2, -0.15) is 0 Å². The van der Waals surface area contributed by atoms with E-state index in [0.29, 0.717) is 5.69 Å². The van der Waals surface area contributed by atoms with Crippen LogP contribution in [0.25, 0.3) is 0 Å². The Hall–Kier alpha value is -2.83. The lowest BCUT2D eigenvalue weighted by Gasteiger charge is -2.15. The summed E-state index contributed by atoms with van der Waals surface area (Å²) in [5.74, 6) is -0.344. The van der Waals surface area contributed by atoms with Gasteiger partial charge in [0.15, 0.2) is 0 Å². The van der Waals surface area contributed by atoms with Gasteiger partial charge in [0, 0.05) is 17.3 Å². The van der Waals surface area contributed by atoms with E-state index in [1.54, 1.807) is 30.3 Å². The van der Waals surface area contributed by atoms with Crippen molar-refractivity contribution in [3.8, 4) is 0 Å². The van der Waals surface area contributed by atoms with E-state index in [1.807, 2.05) is 37.3 Å². The van der Waals surface area contributed by atoms with Crippen LogP contribution in [0.1, 0.15) is 29.3 Å². The van der Waals surface area contributed by atoms with E-state index in [4.69, 9.17) is 11.6 Å². The van der Waals surface area contributed by atoms with Crippen LogP contribution >= 0.6 is 11.6 Å². The average Bonchev–Trinajstić information content (AvgIpc) is 2.73. The third-order valence-corrected chi connectivity index (χ3v) is 6.46. The zero-order chi connectivity index (χ0) is 21.6. The van der Waals surface area contributed by atoms with Gasteiger partial charge in [0.1, 0.15) is 4.90 Å². The molecule has 5 nitrogen and oxygen atoms in total. The highest BCUT2D eigenvalue weighted by Crippen LogP contribution is 2.25. The van der Waals surface area contributed by atoms with E-state index in [1.165, 1.54) is 23.8 Å². The maximum Gasteiger partial charge on any atom is 0.263 e. The molecule has 0 spiro atoms. The van der Waals surface area contributed by atoms with E-state index < -0.39 is 10.0 Å². The minimum Gasteiger partial charge on any atom is -0.350 e. The van der Waals surface area contributed by atoms with Crippen LogP contribution < -0.4 is 10.0 Å². The van der Waals surface area contributed by atoms with Crippen molar-refractivity contribution < 1.29 is 13.2 Å². The number of anilines is 1. The molecule has 0 radical (unpaired) electrons. The van der Waals surface area contributed by atoms with Crippen molar-refractivity contribution in [2.45, 2.75) is 30.7 Å². The molecule has 0 bridgehead atoms. The molecule has 0 unspecified atom stereocenters. The Labute approximate surface area is 182 Å². The molecule has 2 N–H and O–H groups in total. The smallest absolute Gasteiger partial charge is 0.263 e. The van der Waals surface area contributed by atoms with Crippen molar-refractivity contribution in [1.82, 2.24) is 5.32 Å². The molecule has 3 rings (SSSR count). The lowest BCUT2D eigenvalue weighted by molar-refractivity contribution is 0.0938. The summed E-state index contributed by atoms with van der Waals surface area (Å²) >= 11 is 6.12. The number of para-hydroxylation sites is 1. The Kier molecular flexibility index (Phi) is 7.13. The zero-order valence-corrected chi connectivity index (χ0v) is 18.1. The van der Waals surface area contributed by atoms with Gasteiger partial charge in [-0.3, -0.25) is 9.52 Å². The fraction of sp³-hybridized carbons (Fsp3) is 0.174. The van der Waals surface area contributed by atoms with E-state index in [0.717, 1.165) is 12.8 Å². The number of benzene rings is 3. The van der Waals surface area contributed by atoms with Gasteiger partial charge in [0.25, 0.3) is 15.9 Å². The second-order valence-corrected chi connectivity index (χ2v) is 9.07. The number of halogens is 1. The van der Waals surface area contributed by atoms with Crippen LogP contribution in [-0.4, -0.2) is 20.4 Å². The molecule has 1 atom stereocenters. The number of rotatable bonds is 8. The van der Waals surface area contributed by atoms with Crippen molar-refractivity contribution in [1.29, 1.82) is 0 Å². The number of hydrogen-bond acceptors (Lipinski definition) is 3. The fourth-order valence-electron chi connectivity index (χ4n) is 2.97. The second-order valence-electron chi connectivity index (χ2n) is 7.02. The van der Waals surface area contributed by atoms with Gasteiger partial charge in [-0.05, 0) is 55.7 Å². The van der Waals surface area contributed by atoms with Crippen molar-refractivity contribution in [2.24, 2.45) is 0 Å². The Balaban J connectivity index is 1.70. The maximum atomic E-state index is 12.8. The second kappa shape index (κ2) is 9.78. The Morgan fingerprint density at radius 2 is 1.60 bits per heavy atom. The largest absolute Gasteiger partial charge is 0.350 e. The predicted molar refractivity (Wildman–Crippen MR) is 120 cm³/mol. The molecule has 0 aromatic heterocycles. The summed E-state index contributed by atoms with van der Waals surface area (Å²) in [6.45, 7) is 1.92. The van der Waals surface area contributed by atoms with Crippen LogP contribution in [0.15, 0.2) is 83.8 Å².